The Bertz CT molecular complexity index is 433. The van der Waals surface area contributed by atoms with Crippen molar-refractivity contribution in [2.75, 3.05) is 21.2 Å². The quantitative estimate of drug-likeness (QED) is 0.481. The van der Waals surface area contributed by atoms with Crippen molar-refractivity contribution in [2.45, 2.75) is 0 Å². The topological polar surface area (TPSA) is 57.1 Å². The lowest BCUT2D eigenvalue weighted by Gasteiger charge is -2.11. The number of hydrogen-bond donors (Lipinski definition) is 2. The summed E-state index contributed by atoms with van der Waals surface area (Å²) in [5.74, 6) is 0.459. The van der Waals surface area contributed by atoms with Gasteiger partial charge in [-0.2, -0.15) is 5.10 Å². The van der Waals surface area contributed by atoms with Gasteiger partial charge >= 0.3 is 0 Å². The largest absolute Gasteiger partial charge is 0.504 e. The van der Waals surface area contributed by atoms with Crippen LogP contribution in [-0.4, -0.2) is 42.5 Å². The Morgan fingerprint density at radius 2 is 2.24 bits per heavy atom. The highest BCUT2D eigenvalue weighted by molar-refractivity contribution is 7.80. The van der Waals surface area contributed by atoms with Crippen molar-refractivity contribution in [2.24, 2.45) is 5.10 Å². The molecule has 0 saturated heterocycles. The Hall–Kier alpha value is -1.82. The monoisotopic (exact) mass is 253 g/mol. The molecule has 0 fully saturated rings. The third-order valence-electron chi connectivity index (χ3n) is 2.02. The summed E-state index contributed by atoms with van der Waals surface area (Å²) < 4.78 is 4.99. The molecule has 6 heteroatoms. The van der Waals surface area contributed by atoms with Crippen LogP contribution in [0.25, 0.3) is 0 Å². The minimum atomic E-state index is 0.0521. The van der Waals surface area contributed by atoms with E-state index in [0.717, 1.165) is 0 Å². The van der Waals surface area contributed by atoms with Crippen molar-refractivity contribution >= 4 is 23.5 Å². The molecule has 0 atom stereocenters. The average molecular weight is 253 g/mol. The molecule has 0 bridgehead atoms. The number of ether oxygens (including phenoxy) is 1. The third-order valence-corrected chi connectivity index (χ3v) is 2.48. The van der Waals surface area contributed by atoms with Crippen LogP contribution in [0.2, 0.25) is 0 Å². The highest BCUT2D eigenvalue weighted by Crippen LogP contribution is 2.27. The minimum Gasteiger partial charge on any atom is -0.504 e. The number of hydrazone groups is 1. The van der Waals surface area contributed by atoms with Crippen molar-refractivity contribution in [3.8, 4) is 11.5 Å². The second kappa shape index (κ2) is 6.05. The molecule has 0 spiro atoms. The van der Waals surface area contributed by atoms with Crippen LogP contribution in [0, 0.1) is 0 Å². The van der Waals surface area contributed by atoms with Crippen molar-refractivity contribution in [1.29, 1.82) is 0 Å². The van der Waals surface area contributed by atoms with E-state index in [4.69, 9.17) is 17.0 Å². The predicted octanol–water partition coefficient (Wildman–Crippen LogP) is 1.17. The zero-order chi connectivity index (χ0) is 12.8. The maximum Gasteiger partial charge on any atom is 0.189 e. The molecule has 1 aromatic rings. The summed E-state index contributed by atoms with van der Waals surface area (Å²) in [5.41, 5.74) is 3.22. The lowest BCUT2D eigenvalue weighted by atomic mass is 10.2. The number of benzene rings is 1. The predicted molar refractivity (Wildman–Crippen MR) is 71.7 cm³/mol. The number of nitrogens with one attached hydrogen (secondary N) is 1. The summed E-state index contributed by atoms with van der Waals surface area (Å²) in [6, 6.07) is 5.16. The number of nitrogens with zero attached hydrogens (tertiary/aromatic N) is 2. The SMILES string of the molecule is COc1cccc(/C=N/NC(=S)N(C)C)c1O. The molecule has 1 rings (SSSR count). The fourth-order valence-corrected chi connectivity index (χ4v) is 1.12. The van der Waals surface area contributed by atoms with Gasteiger partial charge in [0.05, 0.1) is 13.3 Å². The third kappa shape index (κ3) is 3.60. The van der Waals surface area contributed by atoms with Crippen molar-refractivity contribution in [3.05, 3.63) is 23.8 Å². The van der Waals surface area contributed by atoms with Crippen LogP contribution < -0.4 is 10.2 Å². The Balaban J connectivity index is 2.75. The Morgan fingerprint density at radius 3 is 2.82 bits per heavy atom. The van der Waals surface area contributed by atoms with E-state index in [1.54, 1.807) is 23.1 Å². The Morgan fingerprint density at radius 1 is 1.53 bits per heavy atom. The zero-order valence-electron chi connectivity index (χ0n) is 9.97. The zero-order valence-corrected chi connectivity index (χ0v) is 10.8. The smallest absolute Gasteiger partial charge is 0.189 e. The second-order valence-electron chi connectivity index (χ2n) is 3.47. The first-order valence-corrected chi connectivity index (χ1v) is 5.33. The summed E-state index contributed by atoms with van der Waals surface area (Å²) >= 11 is 4.99. The number of phenolic OH excluding ortho intramolecular Hbond substituents is 1. The van der Waals surface area contributed by atoms with E-state index in [0.29, 0.717) is 16.4 Å². The number of rotatable bonds is 3. The lowest BCUT2D eigenvalue weighted by Crippen LogP contribution is -2.30. The van der Waals surface area contributed by atoms with Crippen LogP contribution in [0.15, 0.2) is 23.3 Å². The van der Waals surface area contributed by atoms with E-state index in [1.807, 2.05) is 14.1 Å². The van der Waals surface area contributed by atoms with Crippen LogP contribution in [0.5, 0.6) is 11.5 Å². The molecular weight excluding hydrogens is 238 g/mol. The molecule has 1 aromatic carbocycles. The van der Waals surface area contributed by atoms with Gasteiger partial charge in [-0.05, 0) is 24.4 Å². The van der Waals surface area contributed by atoms with E-state index in [9.17, 15) is 5.11 Å². The first-order valence-electron chi connectivity index (χ1n) is 4.92. The van der Waals surface area contributed by atoms with Crippen molar-refractivity contribution in [3.63, 3.8) is 0 Å². The highest BCUT2D eigenvalue weighted by Gasteiger charge is 2.04. The van der Waals surface area contributed by atoms with Gasteiger partial charge in [-0.15, -0.1) is 0 Å². The summed E-state index contributed by atoms with van der Waals surface area (Å²) in [6.45, 7) is 0. The summed E-state index contributed by atoms with van der Waals surface area (Å²) in [4.78, 5) is 1.72. The number of hydrogen-bond acceptors (Lipinski definition) is 4. The fraction of sp³-hybridized carbons (Fsp3) is 0.273. The fourth-order valence-electron chi connectivity index (χ4n) is 1.07. The molecule has 0 aromatic heterocycles. The van der Waals surface area contributed by atoms with Gasteiger partial charge in [0, 0.05) is 19.7 Å². The van der Waals surface area contributed by atoms with Crippen LogP contribution in [-0.2, 0) is 0 Å². The summed E-state index contributed by atoms with van der Waals surface area (Å²) in [7, 11) is 5.12. The minimum absolute atomic E-state index is 0.0521. The van der Waals surface area contributed by atoms with Crippen molar-refractivity contribution in [1.82, 2.24) is 10.3 Å². The molecule has 0 aliphatic heterocycles. The van der Waals surface area contributed by atoms with Gasteiger partial charge in [0.15, 0.2) is 16.6 Å². The van der Waals surface area contributed by atoms with E-state index < -0.39 is 0 Å². The maximum atomic E-state index is 9.78. The molecule has 0 aliphatic carbocycles. The number of thiocarbonyl (C=S) groups is 1. The van der Waals surface area contributed by atoms with Crippen LogP contribution in [0.3, 0.4) is 0 Å². The summed E-state index contributed by atoms with van der Waals surface area (Å²) in [6.07, 6.45) is 1.48. The molecule has 17 heavy (non-hydrogen) atoms. The summed E-state index contributed by atoms with van der Waals surface area (Å²) in [5, 5.41) is 14.2. The van der Waals surface area contributed by atoms with Gasteiger partial charge in [-0.25, -0.2) is 0 Å². The number of aromatic hydroxyl groups is 1. The average Bonchev–Trinajstić information content (AvgIpc) is 2.31. The van der Waals surface area contributed by atoms with E-state index in [1.165, 1.54) is 13.3 Å². The molecule has 5 nitrogen and oxygen atoms in total. The molecule has 0 heterocycles. The van der Waals surface area contributed by atoms with Gasteiger partial charge in [-0.1, -0.05) is 6.07 Å². The highest BCUT2D eigenvalue weighted by atomic mass is 32.1. The molecule has 0 saturated carbocycles. The van der Waals surface area contributed by atoms with Gasteiger partial charge in [0.2, 0.25) is 0 Å². The number of para-hydroxylation sites is 1. The van der Waals surface area contributed by atoms with E-state index in [2.05, 4.69) is 10.5 Å². The molecule has 0 amide bonds. The molecule has 0 unspecified atom stereocenters. The molecule has 92 valence electrons. The van der Waals surface area contributed by atoms with Gasteiger partial charge in [0.1, 0.15) is 0 Å². The second-order valence-corrected chi connectivity index (χ2v) is 3.85. The molecule has 2 N–H and O–H groups in total. The van der Waals surface area contributed by atoms with Crippen LogP contribution >= 0.6 is 12.2 Å². The van der Waals surface area contributed by atoms with Gasteiger partial charge < -0.3 is 14.7 Å². The lowest BCUT2D eigenvalue weighted by molar-refractivity contribution is 0.373. The number of methoxy groups -OCH3 is 1. The molecule has 0 radical (unpaired) electrons. The van der Waals surface area contributed by atoms with E-state index in [-0.39, 0.29) is 5.75 Å². The van der Waals surface area contributed by atoms with Gasteiger partial charge in [0.25, 0.3) is 0 Å². The maximum absolute atomic E-state index is 9.78. The standard InChI is InChI=1S/C11H15N3O2S/c1-14(2)11(17)13-12-7-8-5-4-6-9(16-3)10(8)15/h4-7,15H,1-3H3,(H,13,17)/b12-7+. The van der Waals surface area contributed by atoms with E-state index >= 15 is 0 Å². The Labute approximate surface area is 106 Å². The van der Waals surface area contributed by atoms with Crippen LogP contribution in [0.1, 0.15) is 5.56 Å². The van der Waals surface area contributed by atoms with Gasteiger partial charge in [-0.3, -0.25) is 5.43 Å². The number of phenols is 1. The molecule has 0 aliphatic rings. The normalized spacial score (nSPS) is 10.3. The Kier molecular flexibility index (Phi) is 4.71. The molecular formula is C11H15N3O2S. The van der Waals surface area contributed by atoms with Crippen LogP contribution in [0.4, 0.5) is 0 Å². The first-order chi connectivity index (χ1) is 8.06. The van der Waals surface area contributed by atoms with Crippen molar-refractivity contribution < 1.29 is 9.84 Å². The first kappa shape index (κ1) is 13.2.